The van der Waals surface area contributed by atoms with Gasteiger partial charge in [-0.2, -0.15) is 0 Å². The largest absolute Gasteiger partial charge is 0.490 e. The van der Waals surface area contributed by atoms with Gasteiger partial charge in [0.25, 0.3) is 0 Å². The van der Waals surface area contributed by atoms with Gasteiger partial charge in [0.1, 0.15) is 5.82 Å². The Morgan fingerprint density at radius 3 is 2.80 bits per heavy atom. The van der Waals surface area contributed by atoms with Crippen LogP contribution in [-0.2, 0) is 0 Å². The van der Waals surface area contributed by atoms with E-state index in [1.165, 1.54) is 12.1 Å². The number of halogens is 1. The normalized spacial score (nSPS) is 24.2. The second kappa shape index (κ2) is 5.88. The average molecular weight is 358 g/mol. The first-order valence-electron chi connectivity index (χ1n) is 8.33. The maximum Gasteiger partial charge on any atom is 0.188 e. The van der Waals surface area contributed by atoms with E-state index in [0.29, 0.717) is 18.1 Å². The maximum atomic E-state index is 13.3. The van der Waals surface area contributed by atoms with E-state index in [1.807, 2.05) is 36.9 Å². The van der Waals surface area contributed by atoms with Crippen LogP contribution in [0.1, 0.15) is 31.9 Å². The third kappa shape index (κ3) is 2.61. The Hall–Kier alpha value is -2.34. The first-order chi connectivity index (χ1) is 12.0. The molecule has 1 fully saturated rings. The molecule has 1 saturated heterocycles. The van der Waals surface area contributed by atoms with E-state index < -0.39 is 5.72 Å². The average Bonchev–Trinajstić information content (AvgIpc) is 2.57. The molecule has 2 heterocycles. The number of thiocarbonyl (C=S) groups is 1. The highest BCUT2D eigenvalue weighted by Crippen LogP contribution is 2.49. The summed E-state index contributed by atoms with van der Waals surface area (Å²) < 4.78 is 25.5. The molecule has 4 nitrogen and oxygen atoms in total. The third-order valence-electron chi connectivity index (χ3n) is 4.65. The lowest BCUT2D eigenvalue weighted by molar-refractivity contribution is 0.0457. The zero-order chi connectivity index (χ0) is 17.6. The van der Waals surface area contributed by atoms with Gasteiger partial charge >= 0.3 is 0 Å². The summed E-state index contributed by atoms with van der Waals surface area (Å²) in [5, 5.41) is 3.96. The molecule has 25 heavy (non-hydrogen) atoms. The van der Waals surface area contributed by atoms with Crippen LogP contribution in [0, 0.1) is 5.82 Å². The molecule has 0 unspecified atom stereocenters. The van der Waals surface area contributed by atoms with Crippen LogP contribution < -0.4 is 19.7 Å². The van der Waals surface area contributed by atoms with Crippen molar-refractivity contribution in [3.63, 3.8) is 0 Å². The van der Waals surface area contributed by atoms with Crippen molar-refractivity contribution in [1.82, 2.24) is 5.32 Å². The minimum absolute atomic E-state index is 0.0540. The van der Waals surface area contributed by atoms with Crippen LogP contribution in [-0.4, -0.2) is 17.4 Å². The van der Waals surface area contributed by atoms with E-state index in [-0.39, 0.29) is 11.9 Å². The topological polar surface area (TPSA) is 33.7 Å². The molecule has 0 amide bonds. The second-order valence-corrected chi connectivity index (χ2v) is 6.79. The Bertz CT molecular complexity index is 827. The van der Waals surface area contributed by atoms with Crippen molar-refractivity contribution in [1.29, 1.82) is 0 Å². The van der Waals surface area contributed by atoms with Gasteiger partial charge in [0.05, 0.1) is 12.6 Å². The molecule has 2 aliphatic heterocycles. The highest BCUT2D eigenvalue weighted by atomic mass is 32.1. The molecule has 6 heteroatoms. The Kier molecular flexibility index (Phi) is 3.80. The Balaban J connectivity index is 1.79. The summed E-state index contributed by atoms with van der Waals surface area (Å²) in [4.78, 5) is 1.91. The van der Waals surface area contributed by atoms with Crippen molar-refractivity contribution in [3.8, 4) is 11.5 Å². The van der Waals surface area contributed by atoms with Crippen molar-refractivity contribution in [2.24, 2.45) is 0 Å². The molecular formula is C19H19FN2O2S. The van der Waals surface area contributed by atoms with E-state index in [9.17, 15) is 4.39 Å². The number of ether oxygens (including phenoxy) is 2. The van der Waals surface area contributed by atoms with Crippen LogP contribution in [0.25, 0.3) is 0 Å². The summed E-state index contributed by atoms with van der Waals surface area (Å²) in [6.07, 6.45) is 0.715. The Morgan fingerprint density at radius 2 is 2.08 bits per heavy atom. The molecule has 2 bridgehead atoms. The van der Waals surface area contributed by atoms with Gasteiger partial charge < -0.3 is 14.8 Å². The lowest BCUT2D eigenvalue weighted by Crippen LogP contribution is -2.65. The van der Waals surface area contributed by atoms with Crippen LogP contribution in [0.3, 0.4) is 0 Å². The van der Waals surface area contributed by atoms with Crippen LogP contribution in [0.4, 0.5) is 10.1 Å². The fraction of sp³-hybridized carbons (Fsp3) is 0.316. The van der Waals surface area contributed by atoms with E-state index in [0.717, 1.165) is 22.7 Å². The smallest absolute Gasteiger partial charge is 0.188 e. The molecule has 130 valence electrons. The Labute approximate surface area is 151 Å². The van der Waals surface area contributed by atoms with Crippen LogP contribution in [0.15, 0.2) is 42.5 Å². The summed E-state index contributed by atoms with van der Waals surface area (Å²) in [6, 6.07) is 12.2. The second-order valence-electron chi connectivity index (χ2n) is 6.40. The fourth-order valence-electron chi connectivity index (χ4n) is 3.61. The molecule has 0 aromatic heterocycles. The third-order valence-corrected chi connectivity index (χ3v) is 4.95. The monoisotopic (exact) mass is 358 g/mol. The number of hydrogen-bond donors (Lipinski definition) is 1. The van der Waals surface area contributed by atoms with Gasteiger partial charge in [0, 0.05) is 17.7 Å². The van der Waals surface area contributed by atoms with Crippen LogP contribution >= 0.6 is 12.2 Å². The summed E-state index contributed by atoms with van der Waals surface area (Å²) in [7, 11) is 0. The number of nitrogens with zero attached hydrogens (tertiary/aromatic N) is 1. The zero-order valence-corrected chi connectivity index (χ0v) is 14.9. The lowest BCUT2D eigenvalue weighted by atomic mass is 9.90. The van der Waals surface area contributed by atoms with E-state index >= 15 is 0 Å². The van der Waals surface area contributed by atoms with E-state index in [1.54, 1.807) is 12.1 Å². The number of fused-ring (bicyclic) bond motifs is 4. The van der Waals surface area contributed by atoms with Gasteiger partial charge in [-0.15, -0.1) is 0 Å². The summed E-state index contributed by atoms with van der Waals surface area (Å²) in [5.74, 6) is 1.19. The molecule has 0 radical (unpaired) electrons. The van der Waals surface area contributed by atoms with Gasteiger partial charge in [0.15, 0.2) is 22.3 Å². The first-order valence-corrected chi connectivity index (χ1v) is 8.73. The van der Waals surface area contributed by atoms with Gasteiger partial charge in [-0.1, -0.05) is 12.1 Å². The molecule has 0 aliphatic carbocycles. The molecule has 2 aromatic carbocycles. The summed E-state index contributed by atoms with van der Waals surface area (Å²) in [5.41, 5.74) is 1.16. The number of anilines is 1. The van der Waals surface area contributed by atoms with Gasteiger partial charge in [0.2, 0.25) is 0 Å². The molecule has 1 N–H and O–H groups in total. The maximum absolute atomic E-state index is 13.3. The highest BCUT2D eigenvalue weighted by Gasteiger charge is 2.49. The minimum Gasteiger partial charge on any atom is -0.490 e. The number of benzene rings is 2. The highest BCUT2D eigenvalue weighted by molar-refractivity contribution is 7.80. The number of hydrogen-bond acceptors (Lipinski definition) is 3. The van der Waals surface area contributed by atoms with Crippen LogP contribution in [0.2, 0.25) is 0 Å². The molecule has 2 aromatic rings. The van der Waals surface area contributed by atoms with Crippen LogP contribution in [0.5, 0.6) is 11.5 Å². The number of nitrogens with one attached hydrogen (secondary N) is 1. The predicted octanol–water partition coefficient (Wildman–Crippen LogP) is 4.16. The Morgan fingerprint density at radius 1 is 1.32 bits per heavy atom. The molecule has 2 aliphatic rings. The molecule has 0 saturated carbocycles. The molecule has 0 spiro atoms. The molecule has 4 rings (SSSR count). The predicted molar refractivity (Wildman–Crippen MR) is 98.6 cm³/mol. The quantitative estimate of drug-likeness (QED) is 0.834. The molecular weight excluding hydrogens is 339 g/mol. The van der Waals surface area contributed by atoms with E-state index in [4.69, 9.17) is 21.7 Å². The fourth-order valence-corrected chi connectivity index (χ4v) is 4.05. The standard InChI is InChI=1S/C19H19FN2O2S/c1-3-23-16-6-4-5-14-15-11-19(2,24-17(14)16)22(18(25)21-15)13-9-7-12(20)8-10-13/h4-10,15H,3,11H2,1-2H3,(H,21,25)/t15-,19+/m1/s1. The van der Waals surface area contributed by atoms with Crippen molar-refractivity contribution >= 4 is 23.0 Å². The SMILES string of the molecule is CCOc1cccc2c1O[C@@]1(C)C[C@H]2NC(=S)N1c1ccc(F)cc1. The zero-order valence-electron chi connectivity index (χ0n) is 14.1. The molecule has 2 atom stereocenters. The van der Waals surface area contributed by atoms with Gasteiger partial charge in [-0.05, 0) is 56.4 Å². The van der Waals surface area contributed by atoms with Crippen molar-refractivity contribution < 1.29 is 13.9 Å². The number of para-hydroxylation sites is 1. The van der Waals surface area contributed by atoms with Gasteiger partial charge in [-0.3, -0.25) is 4.90 Å². The minimum atomic E-state index is -0.676. The van der Waals surface area contributed by atoms with Gasteiger partial charge in [-0.25, -0.2) is 4.39 Å². The van der Waals surface area contributed by atoms with E-state index in [2.05, 4.69) is 5.32 Å². The first kappa shape index (κ1) is 16.1. The lowest BCUT2D eigenvalue weighted by Gasteiger charge is -2.52. The number of rotatable bonds is 3. The summed E-state index contributed by atoms with van der Waals surface area (Å²) in [6.45, 7) is 4.51. The van der Waals surface area contributed by atoms with Crippen molar-refractivity contribution in [3.05, 3.63) is 53.8 Å². The van der Waals surface area contributed by atoms with Crippen molar-refractivity contribution in [2.75, 3.05) is 11.5 Å². The van der Waals surface area contributed by atoms with Crippen molar-refractivity contribution in [2.45, 2.75) is 32.0 Å². The summed E-state index contributed by atoms with van der Waals surface area (Å²) >= 11 is 5.59.